The predicted molar refractivity (Wildman–Crippen MR) is 72.0 cm³/mol. The molecular formula is C11H18N2O2S2. The summed E-state index contributed by atoms with van der Waals surface area (Å²) in [5, 5.41) is 0.883. The smallest absolute Gasteiger partial charge is 0.148 e. The van der Waals surface area contributed by atoms with Crippen LogP contribution in [0.15, 0.2) is 23.4 Å². The lowest BCUT2D eigenvalue weighted by molar-refractivity contribution is 0.603. The fourth-order valence-electron chi connectivity index (χ4n) is 1.35. The number of pyridine rings is 1. The van der Waals surface area contributed by atoms with Gasteiger partial charge in [-0.25, -0.2) is 13.4 Å². The summed E-state index contributed by atoms with van der Waals surface area (Å²) in [5.41, 5.74) is 6.84. The summed E-state index contributed by atoms with van der Waals surface area (Å²) >= 11 is 1.47. The molecule has 0 fully saturated rings. The summed E-state index contributed by atoms with van der Waals surface area (Å²) < 4.78 is 22.1. The van der Waals surface area contributed by atoms with Crippen LogP contribution in [0.1, 0.15) is 12.5 Å². The first-order valence-corrected chi connectivity index (χ1v) is 8.43. The van der Waals surface area contributed by atoms with Crippen LogP contribution in [0.2, 0.25) is 0 Å². The van der Waals surface area contributed by atoms with Gasteiger partial charge in [0.25, 0.3) is 0 Å². The third-order valence-corrected chi connectivity index (χ3v) is 4.34. The van der Waals surface area contributed by atoms with Gasteiger partial charge in [0.05, 0.1) is 10.8 Å². The van der Waals surface area contributed by atoms with Crippen molar-refractivity contribution in [2.75, 3.05) is 17.8 Å². The molecule has 1 rings (SSSR count). The van der Waals surface area contributed by atoms with E-state index in [2.05, 4.69) is 4.98 Å². The molecule has 1 aromatic heterocycles. The molecule has 0 aliphatic heterocycles. The van der Waals surface area contributed by atoms with Crippen molar-refractivity contribution in [2.24, 2.45) is 5.73 Å². The monoisotopic (exact) mass is 274 g/mol. The molecular weight excluding hydrogens is 256 g/mol. The molecule has 17 heavy (non-hydrogen) atoms. The van der Waals surface area contributed by atoms with Crippen LogP contribution in [-0.4, -0.2) is 37.2 Å². The van der Waals surface area contributed by atoms with Gasteiger partial charge in [-0.05, 0) is 25.0 Å². The molecule has 4 nitrogen and oxygen atoms in total. The van der Waals surface area contributed by atoms with Crippen molar-refractivity contribution in [1.29, 1.82) is 0 Å². The first-order chi connectivity index (χ1) is 7.88. The molecule has 1 atom stereocenters. The molecule has 1 aromatic rings. The van der Waals surface area contributed by atoms with E-state index in [0.717, 1.165) is 17.0 Å². The lowest BCUT2D eigenvalue weighted by Gasteiger charge is -2.09. The average Bonchev–Trinajstić information content (AvgIpc) is 2.18. The van der Waals surface area contributed by atoms with Crippen LogP contribution < -0.4 is 5.73 Å². The molecule has 0 saturated heterocycles. The Morgan fingerprint density at radius 1 is 1.53 bits per heavy atom. The van der Waals surface area contributed by atoms with E-state index >= 15 is 0 Å². The number of hydrogen-bond acceptors (Lipinski definition) is 5. The molecule has 0 aliphatic rings. The Morgan fingerprint density at radius 2 is 2.24 bits per heavy atom. The Labute approximate surface area is 107 Å². The van der Waals surface area contributed by atoms with Gasteiger partial charge in [-0.3, -0.25) is 0 Å². The first kappa shape index (κ1) is 14.5. The average molecular weight is 274 g/mol. The molecule has 2 N–H and O–H groups in total. The normalized spacial score (nSPS) is 13.6. The number of thioether (sulfide) groups is 1. The zero-order chi connectivity index (χ0) is 12.9. The maximum atomic E-state index is 11.0. The van der Waals surface area contributed by atoms with Gasteiger partial charge in [-0.1, -0.05) is 6.07 Å². The predicted octanol–water partition coefficient (Wildman–Crippen LogP) is 1.11. The standard InChI is InChI=1S/C11H18N2O2S2/c1-9(12)8-10-4-3-5-13-11(10)16-6-7-17(2,14)15/h3-5,9H,6-8,12H2,1-2H3. The van der Waals surface area contributed by atoms with Crippen LogP contribution in [0.3, 0.4) is 0 Å². The van der Waals surface area contributed by atoms with E-state index in [1.54, 1.807) is 6.20 Å². The summed E-state index contributed by atoms with van der Waals surface area (Å²) in [4.78, 5) is 4.26. The van der Waals surface area contributed by atoms with Crippen molar-refractivity contribution in [3.8, 4) is 0 Å². The van der Waals surface area contributed by atoms with Gasteiger partial charge in [0, 0.05) is 24.2 Å². The van der Waals surface area contributed by atoms with Crippen LogP contribution in [0, 0.1) is 0 Å². The second kappa shape index (κ2) is 6.37. The van der Waals surface area contributed by atoms with Gasteiger partial charge in [-0.2, -0.15) is 0 Å². The zero-order valence-corrected chi connectivity index (χ0v) is 11.7. The number of aromatic nitrogens is 1. The molecule has 0 amide bonds. The van der Waals surface area contributed by atoms with E-state index in [1.165, 1.54) is 18.0 Å². The van der Waals surface area contributed by atoms with Gasteiger partial charge in [0.2, 0.25) is 0 Å². The van der Waals surface area contributed by atoms with E-state index < -0.39 is 9.84 Å². The van der Waals surface area contributed by atoms with Crippen LogP contribution in [0.25, 0.3) is 0 Å². The zero-order valence-electron chi connectivity index (χ0n) is 10.1. The minimum atomic E-state index is -2.90. The number of nitrogens with zero attached hydrogens (tertiary/aromatic N) is 1. The van der Waals surface area contributed by atoms with E-state index in [-0.39, 0.29) is 11.8 Å². The first-order valence-electron chi connectivity index (χ1n) is 5.38. The van der Waals surface area contributed by atoms with Crippen LogP contribution in [0.4, 0.5) is 0 Å². The molecule has 96 valence electrons. The largest absolute Gasteiger partial charge is 0.328 e. The number of nitrogens with two attached hydrogens (primary N) is 1. The SMILES string of the molecule is CC(N)Cc1cccnc1SCCS(C)(=O)=O. The highest BCUT2D eigenvalue weighted by Gasteiger charge is 2.08. The van der Waals surface area contributed by atoms with Gasteiger partial charge in [-0.15, -0.1) is 11.8 Å². The van der Waals surface area contributed by atoms with E-state index in [0.29, 0.717) is 5.75 Å². The van der Waals surface area contributed by atoms with Gasteiger partial charge in [0.15, 0.2) is 0 Å². The van der Waals surface area contributed by atoms with Crippen molar-refractivity contribution in [1.82, 2.24) is 4.98 Å². The quantitative estimate of drug-likeness (QED) is 0.787. The van der Waals surface area contributed by atoms with Gasteiger partial charge >= 0.3 is 0 Å². The molecule has 0 aromatic carbocycles. The van der Waals surface area contributed by atoms with Gasteiger partial charge < -0.3 is 5.73 Å². The summed E-state index contributed by atoms with van der Waals surface area (Å²) in [6.45, 7) is 1.94. The topological polar surface area (TPSA) is 73.0 Å². The number of hydrogen-bond donors (Lipinski definition) is 1. The molecule has 0 bridgehead atoms. The van der Waals surface area contributed by atoms with E-state index in [1.807, 2.05) is 19.1 Å². The van der Waals surface area contributed by atoms with Crippen LogP contribution in [0.5, 0.6) is 0 Å². The Hall–Kier alpha value is -0.590. The second-order valence-corrected chi connectivity index (χ2v) is 7.47. The highest BCUT2D eigenvalue weighted by Crippen LogP contribution is 2.21. The Kier molecular flexibility index (Phi) is 5.42. The summed E-state index contributed by atoms with van der Waals surface area (Å²) in [6.07, 6.45) is 3.72. The molecule has 0 saturated carbocycles. The maximum Gasteiger partial charge on any atom is 0.148 e. The fourth-order valence-corrected chi connectivity index (χ4v) is 3.56. The van der Waals surface area contributed by atoms with Crippen molar-refractivity contribution >= 4 is 21.6 Å². The number of sulfone groups is 1. The lowest BCUT2D eigenvalue weighted by atomic mass is 10.1. The van der Waals surface area contributed by atoms with Gasteiger partial charge in [0.1, 0.15) is 9.84 Å². The fraction of sp³-hybridized carbons (Fsp3) is 0.545. The van der Waals surface area contributed by atoms with Crippen LogP contribution in [-0.2, 0) is 16.3 Å². The molecule has 0 aliphatic carbocycles. The Bertz CT molecular complexity index is 458. The minimum absolute atomic E-state index is 0.0773. The van der Waals surface area contributed by atoms with Crippen molar-refractivity contribution < 1.29 is 8.42 Å². The van der Waals surface area contributed by atoms with Crippen molar-refractivity contribution in [3.63, 3.8) is 0 Å². The molecule has 0 spiro atoms. The maximum absolute atomic E-state index is 11.0. The highest BCUT2D eigenvalue weighted by atomic mass is 32.2. The molecule has 0 radical (unpaired) electrons. The van der Waals surface area contributed by atoms with E-state index in [4.69, 9.17) is 5.73 Å². The van der Waals surface area contributed by atoms with Crippen molar-refractivity contribution in [3.05, 3.63) is 23.9 Å². The molecule has 1 heterocycles. The molecule has 1 unspecified atom stereocenters. The van der Waals surface area contributed by atoms with Crippen LogP contribution >= 0.6 is 11.8 Å². The lowest BCUT2D eigenvalue weighted by Crippen LogP contribution is -2.18. The molecule has 6 heteroatoms. The van der Waals surface area contributed by atoms with Crippen molar-refractivity contribution in [2.45, 2.75) is 24.4 Å². The second-order valence-electron chi connectivity index (χ2n) is 4.13. The highest BCUT2D eigenvalue weighted by molar-refractivity contribution is 8.00. The number of rotatable bonds is 6. The Balaban J connectivity index is 2.64. The summed E-state index contributed by atoms with van der Waals surface area (Å²) in [7, 11) is -2.90. The third-order valence-electron chi connectivity index (χ3n) is 2.08. The summed E-state index contributed by atoms with van der Waals surface area (Å²) in [6, 6.07) is 3.94. The summed E-state index contributed by atoms with van der Waals surface area (Å²) in [5.74, 6) is 0.702. The van der Waals surface area contributed by atoms with E-state index in [9.17, 15) is 8.42 Å². The minimum Gasteiger partial charge on any atom is -0.328 e. The third kappa shape index (κ3) is 6.05. The Morgan fingerprint density at radius 3 is 2.82 bits per heavy atom.